The van der Waals surface area contributed by atoms with Gasteiger partial charge in [-0.2, -0.15) is 0 Å². The van der Waals surface area contributed by atoms with Gasteiger partial charge in [-0.15, -0.1) is 0 Å². The van der Waals surface area contributed by atoms with E-state index < -0.39 is 0 Å². The summed E-state index contributed by atoms with van der Waals surface area (Å²) in [5, 5.41) is 0. The van der Waals surface area contributed by atoms with Crippen LogP contribution in [0, 0.1) is 5.92 Å². The van der Waals surface area contributed by atoms with Crippen LogP contribution in [0.5, 0.6) is 11.5 Å². The highest BCUT2D eigenvalue weighted by molar-refractivity contribution is 5.62. The average molecular weight is 311 g/mol. The quantitative estimate of drug-likeness (QED) is 0.831. The van der Waals surface area contributed by atoms with Gasteiger partial charge in [0.15, 0.2) is 11.5 Å². The average Bonchev–Trinajstić information content (AvgIpc) is 2.80. The minimum Gasteiger partial charge on any atom is -0.493 e. The normalized spacial score (nSPS) is 28.7. The lowest BCUT2D eigenvalue weighted by Gasteiger charge is -2.33. The molecule has 1 aromatic rings. The molecule has 1 aliphatic carbocycles. The topological polar surface area (TPSA) is 21.7 Å². The van der Waals surface area contributed by atoms with E-state index in [0.29, 0.717) is 5.92 Å². The van der Waals surface area contributed by atoms with Gasteiger partial charge in [-0.1, -0.05) is 32.1 Å². The molecule has 0 aromatic heterocycles. The highest BCUT2D eigenvalue weighted by atomic mass is 16.5. The minimum atomic E-state index is -0.0393. The maximum absolute atomic E-state index is 6.45. The van der Waals surface area contributed by atoms with Crippen molar-refractivity contribution in [3.8, 4) is 11.5 Å². The summed E-state index contributed by atoms with van der Waals surface area (Å²) in [6.07, 6.45) is 8.22. The van der Waals surface area contributed by atoms with Crippen LogP contribution in [0.1, 0.15) is 31.4 Å². The Morgan fingerprint density at radius 3 is 2.91 bits per heavy atom. The molecule has 3 nitrogen and oxygen atoms in total. The molecule has 0 amide bonds. The third kappa shape index (κ3) is 2.06. The predicted octanol–water partition coefficient (Wildman–Crippen LogP) is 3.68. The zero-order chi connectivity index (χ0) is 16.2. The standard InChI is InChI=1S/C20H25NO2/c1-13(2)14-7-8-20-9-10-21(3)12-15-5-6-16(22-4)19(18(15)20)23-17(20)11-14/h5-8,11,13,17H,9-10,12H2,1-4H3/t17-,20-/m0/s1. The molecule has 3 heteroatoms. The van der Waals surface area contributed by atoms with Crippen LogP contribution in [0.3, 0.4) is 0 Å². The van der Waals surface area contributed by atoms with Gasteiger partial charge in [0.25, 0.3) is 0 Å². The fourth-order valence-electron chi connectivity index (χ4n) is 4.22. The van der Waals surface area contributed by atoms with E-state index in [4.69, 9.17) is 9.47 Å². The zero-order valence-corrected chi connectivity index (χ0v) is 14.4. The van der Waals surface area contributed by atoms with Crippen LogP contribution in [-0.2, 0) is 12.0 Å². The number of nitrogens with zero attached hydrogens (tertiary/aromatic N) is 1. The van der Waals surface area contributed by atoms with Crippen LogP contribution >= 0.6 is 0 Å². The number of ether oxygens (including phenoxy) is 2. The molecule has 2 heterocycles. The first-order valence-electron chi connectivity index (χ1n) is 8.51. The summed E-state index contributed by atoms with van der Waals surface area (Å²) in [6, 6.07) is 4.26. The molecule has 3 aliphatic rings. The third-order valence-electron chi connectivity index (χ3n) is 5.58. The summed E-state index contributed by atoms with van der Waals surface area (Å²) in [7, 11) is 3.93. The summed E-state index contributed by atoms with van der Waals surface area (Å²) >= 11 is 0. The van der Waals surface area contributed by atoms with E-state index >= 15 is 0 Å². The number of hydrogen-bond acceptors (Lipinski definition) is 3. The molecule has 2 aliphatic heterocycles. The number of benzene rings is 1. The van der Waals surface area contributed by atoms with E-state index in [1.165, 1.54) is 16.7 Å². The van der Waals surface area contributed by atoms with Crippen molar-refractivity contribution in [1.29, 1.82) is 0 Å². The second kappa shape index (κ2) is 5.13. The summed E-state index contributed by atoms with van der Waals surface area (Å²) in [6.45, 7) is 6.52. The van der Waals surface area contributed by atoms with Crippen molar-refractivity contribution in [3.05, 3.63) is 47.1 Å². The first-order valence-corrected chi connectivity index (χ1v) is 8.51. The molecule has 122 valence electrons. The van der Waals surface area contributed by atoms with Crippen LogP contribution < -0.4 is 9.47 Å². The largest absolute Gasteiger partial charge is 0.493 e. The van der Waals surface area contributed by atoms with Crippen molar-refractivity contribution in [3.63, 3.8) is 0 Å². The maximum Gasteiger partial charge on any atom is 0.166 e. The van der Waals surface area contributed by atoms with Crippen molar-refractivity contribution < 1.29 is 9.47 Å². The van der Waals surface area contributed by atoms with Crippen molar-refractivity contribution >= 4 is 0 Å². The van der Waals surface area contributed by atoms with Crippen molar-refractivity contribution in [1.82, 2.24) is 4.90 Å². The van der Waals surface area contributed by atoms with Crippen LogP contribution in [0.15, 0.2) is 35.9 Å². The van der Waals surface area contributed by atoms with Crippen molar-refractivity contribution in [2.45, 2.75) is 38.3 Å². The molecule has 4 rings (SSSR count). The molecular formula is C20H25NO2. The highest BCUT2D eigenvalue weighted by Gasteiger charge is 2.51. The van der Waals surface area contributed by atoms with Gasteiger partial charge in [-0.3, -0.25) is 0 Å². The molecule has 0 fully saturated rings. The lowest BCUT2D eigenvalue weighted by Crippen LogP contribution is -2.38. The predicted molar refractivity (Wildman–Crippen MR) is 92.1 cm³/mol. The Kier molecular flexibility index (Phi) is 3.31. The molecule has 0 unspecified atom stereocenters. The number of hydrogen-bond donors (Lipinski definition) is 0. The zero-order valence-electron chi connectivity index (χ0n) is 14.4. The monoisotopic (exact) mass is 311 g/mol. The number of rotatable bonds is 2. The first-order chi connectivity index (χ1) is 11.0. The van der Waals surface area contributed by atoms with Crippen LogP contribution in [0.25, 0.3) is 0 Å². The van der Waals surface area contributed by atoms with E-state index in [1.807, 2.05) is 0 Å². The van der Waals surface area contributed by atoms with Gasteiger partial charge in [-0.05, 0) is 49.2 Å². The Balaban J connectivity index is 1.91. The molecule has 1 aromatic carbocycles. The van der Waals surface area contributed by atoms with E-state index in [9.17, 15) is 0 Å². The van der Waals surface area contributed by atoms with Gasteiger partial charge >= 0.3 is 0 Å². The van der Waals surface area contributed by atoms with Crippen molar-refractivity contribution in [2.24, 2.45) is 5.92 Å². The molecule has 0 saturated carbocycles. The number of allylic oxidation sites excluding steroid dienone is 2. The van der Waals surface area contributed by atoms with Crippen LogP contribution in [0.4, 0.5) is 0 Å². The molecule has 2 atom stereocenters. The lowest BCUT2D eigenvalue weighted by atomic mass is 9.69. The molecule has 0 saturated heterocycles. The van der Waals surface area contributed by atoms with E-state index in [-0.39, 0.29) is 11.5 Å². The molecule has 1 spiro atoms. The van der Waals surface area contributed by atoms with Gasteiger partial charge in [0.05, 0.1) is 12.5 Å². The fourth-order valence-corrected chi connectivity index (χ4v) is 4.22. The summed E-state index contributed by atoms with van der Waals surface area (Å²) in [4.78, 5) is 2.40. The van der Waals surface area contributed by atoms with Gasteiger partial charge in [0.1, 0.15) is 6.10 Å². The molecule has 0 radical (unpaired) electrons. The van der Waals surface area contributed by atoms with E-state index in [0.717, 1.165) is 31.0 Å². The van der Waals surface area contributed by atoms with Gasteiger partial charge in [0.2, 0.25) is 0 Å². The first kappa shape index (κ1) is 14.8. The summed E-state index contributed by atoms with van der Waals surface area (Å²) in [5.41, 5.74) is 4.05. The fraction of sp³-hybridized carbons (Fsp3) is 0.500. The summed E-state index contributed by atoms with van der Waals surface area (Å²) in [5.74, 6) is 2.33. The van der Waals surface area contributed by atoms with E-state index in [2.05, 4.69) is 56.2 Å². The minimum absolute atomic E-state index is 0.0393. The van der Waals surface area contributed by atoms with E-state index in [1.54, 1.807) is 7.11 Å². The second-order valence-corrected chi connectivity index (χ2v) is 7.35. The van der Waals surface area contributed by atoms with Gasteiger partial charge in [0, 0.05) is 12.1 Å². The lowest BCUT2D eigenvalue weighted by molar-refractivity contribution is 0.192. The Morgan fingerprint density at radius 1 is 1.35 bits per heavy atom. The molecule has 0 bridgehead atoms. The molecule has 0 N–H and O–H groups in total. The summed E-state index contributed by atoms with van der Waals surface area (Å²) < 4.78 is 12.0. The Bertz CT molecular complexity index is 704. The van der Waals surface area contributed by atoms with Gasteiger partial charge < -0.3 is 14.4 Å². The molecular weight excluding hydrogens is 286 g/mol. The molecule has 23 heavy (non-hydrogen) atoms. The van der Waals surface area contributed by atoms with Gasteiger partial charge in [-0.25, -0.2) is 0 Å². The van der Waals surface area contributed by atoms with Crippen molar-refractivity contribution in [2.75, 3.05) is 20.7 Å². The Hall–Kier alpha value is -1.74. The maximum atomic E-state index is 6.45. The Morgan fingerprint density at radius 2 is 2.17 bits per heavy atom. The number of methoxy groups -OCH3 is 1. The SMILES string of the molecule is COc1ccc2c3c1O[C@H]1C=C(C(C)C)C=C[C@@]31CCN(C)C2. The van der Waals surface area contributed by atoms with Crippen LogP contribution in [-0.4, -0.2) is 31.7 Å². The Labute approximate surface area is 138 Å². The second-order valence-electron chi connectivity index (χ2n) is 7.35. The third-order valence-corrected chi connectivity index (χ3v) is 5.58. The van der Waals surface area contributed by atoms with Crippen LogP contribution in [0.2, 0.25) is 0 Å². The smallest absolute Gasteiger partial charge is 0.166 e. The highest BCUT2D eigenvalue weighted by Crippen LogP contribution is 2.55.